The first-order valence-corrected chi connectivity index (χ1v) is 11.0. The van der Waals surface area contributed by atoms with Crippen LogP contribution in [0.5, 0.6) is 0 Å². The van der Waals surface area contributed by atoms with Crippen molar-refractivity contribution < 1.29 is 26.4 Å². The highest BCUT2D eigenvalue weighted by Gasteiger charge is 2.33. The van der Waals surface area contributed by atoms with E-state index >= 15 is 0 Å². The van der Waals surface area contributed by atoms with Crippen molar-refractivity contribution in [3.8, 4) is 0 Å². The first kappa shape index (κ1) is 21.1. The number of carbonyl (C=O) groups is 1. The molecule has 0 radical (unpaired) electrons. The zero-order valence-corrected chi connectivity index (χ0v) is 16.8. The van der Waals surface area contributed by atoms with E-state index in [1.165, 1.54) is 22.5 Å². The summed E-state index contributed by atoms with van der Waals surface area (Å²) in [6, 6.07) is 6.08. The van der Waals surface area contributed by atoms with Gasteiger partial charge in [-0.2, -0.15) is 17.5 Å². The maximum Gasteiger partial charge on any atom is 0.417 e. The lowest BCUT2D eigenvalue weighted by atomic mass is 10.2. The molecule has 0 bridgehead atoms. The number of rotatable bonds is 5. The van der Waals surface area contributed by atoms with Gasteiger partial charge in [0.15, 0.2) is 0 Å². The van der Waals surface area contributed by atoms with Gasteiger partial charge in [-0.15, -0.1) is 11.3 Å². The van der Waals surface area contributed by atoms with Crippen LogP contribution in [0.1, 0.15) is 23.3 Å². The average Bonchev–Trinajstić information content (AvgIpc) is 3.27. The van der Waals surface area contributed by atoms with Crippen LogP contribution < -0.4 is 5.32 Å². The van der Waals surface area contributed by atoms with Gasteiger partial charge in [-0.25, -0.2) is 8.42 Å². The van der Waals surface area contributed by atoms with Crippen molar-refractivity contribution in [3.63, 3.8) is 0 Å². The molecule has 152 valence electrons. The van der Waals surface area contributed by atoms with Gasteiger partial charge in [-0.05, 0) is 43.2 Å². The Morgan fingerprint density at radius 2 is 1.86 bits per heavy atom. The van der Waals surface area contributed by atoms with Crippen molar-refractivity contribution in [1.29, 1.82) is 0 Å². The quantitative estimate of drug-likeness (QED) is 0.731. The minimum Gasteiger partial charge on any atom is -0.326 e. The highest BCUT2D eigenvalue weighted by molar-refractivity contribution is 7.91. The summed E-state index contributed by atoms with van der Waals surface area (Å²) in [6.45, 7) is 0.961. The summed E-state index contributed by atoms with van der Waals surface area (Å²) in [7, 11) is -3.56. The Morgan fingerprint density at radius 3 is 2.50 bits per heavy atom. The normalized spacial score (nSPS) is 15.7. The predicted molar refractivity (Wildman–Crippen MR) is 101 cm³/mol. The summed E-state index contributed by atoms with van der Waals surface area (Å²) in [6.07, 6.45) is -3.14. The lowest BCUT2D eigenvalue weighted by molar-refractivity contribution is -0.137. The Labute approximate surface area is 169 Å². The van der Waals surface area contributed by atoms with E-state index < -0.39 is 32.7 Å². The van der Waals surface area contributed by atoms with Crippen LogP contribution in [-0.4, -0.2) is 31.7 Å². The lowest BCUT2D eigenvalue weighted by Gasteiger charge is -2.13. The van der Waals surface area contributed by atoms with Crippen molar-refractivity contribution in [1.82, 2.24) is 4.31 Å². The average molecular weight is 453 g/mol. The molecular weight excluding hydrogens is 437 g/mol. The number of benzene rings is 1. The third kappa shape index (κ3) is 4.68. The standard InChI is InChI=1S/C17H16ClF3N2O3S2/c18-14-5-3-11(9-13(14)17(19,20)21)22-15(24)10-12-4-6-16(27-12)28(25,26)23-7-1-2-8-23/h3-6,9H,1-2,7-8,10H2,(H,22,24). The van der Waals surface area contributed by atoms with Gasteiger partial charge < -0.3 is 5.32 Å². The van der Waals surface area contributed by atoms with Crippen LogP contribution in [0.15, 0.2) is 34.5 Å². The number of hydrogen-bond acceptors (Lipinski definition) is 4. The molecule has 1 aliphatic heterocycles. The molecule has 1 aliphatic rings. The third-order valence-electron chi connectivity index (χ3n) is 4.19. The highest BCUT2D eigenvalue weighted by Crippen LogP contribution is 2.36. The number of alkyl halides is 3. The predicted octanol–water partition coefficient (Wildman–Crippen LogP) is 4.39. The van der Waals surface area contributed by atoms with Crippen molar-refractivity contribution in [2.45, 2.75) is 29.6 Å². The largest absolute Gasteiger partial charge is 0.417 e. The zero-order chi connectivity index (χ0) is 20.5. The van der Waals surface area contributed by atoms with Crippen LogP contribution in [-0.2, 0) is 27.4 Å². The molecule has 5 nitrogen and oxygen atoms in total. The number of carbonyl (C=O) groups excluding carboxylic acids is 1. The zero-order valence-electron chi connectivity index (χ0n) is 14.4. The van der Waals surface area contributed by atoms with Gasteiger partial charge in [0.2, 0.25) is 5.91 Å². The van der Waals surface area contributed by atoms with Gasteiger partial charge in [0, 0.05) is 23.7 Å². The van der Waals surface area contributed by atoms with Gasteiger partial charge in [-0.3, -0.25) is 4.79 Å². The topological polar surface area (TPSA) is 66.5 Å². The molecule has 0 saturated carbocycles. The van der Waals surface area contributed by atoms with Crippen LogP contribution in [0.4, 0.5) is 18.9 Å². The fourth-order valence-electron chi connectivity index (χ4n) is 2.83. The molecule has 1 N–H and O–H groups in total. The first-order chi connectivity index (χ1) is 13.1. The summed E-state index contributed by atoms with van der Waals surface area (Å²) in [5, 5.41) is 1.92. The molecule has 1 aromatic heterocycles. The molecule has 0 unspecified atom stereocenters. The SMILES string of the molecule is O=C(Cc1ccc(S(=O)(=O)N2CCCC2)s1)Nc1ccc(Cl)c(C(F)(F)F)c1. The highest BCUT2D eigenvalue weighted by atomic mass is 35.5. The van der Waals surface area contributed by atoms with Crippen molar-refractivity contribution in [2.24, 2.45) is 0 Å². The first-order valence-electron chi connectivity index (χ1n) is 8.33. The lowest BCUT2D eigenvalue weighted by Crippen LogP contribution is -2.27. The van der Waals surface area contributed by atoms with Gasteiger partial charge >= 0.3 is 6.18 Å². The van der Waals surface area contributed by atoms with E-state index in [4.69, 9.17) is 11.6 Å². The molecule has 1 saturated heterocycles. The fraction of sp³-hybridized carbons (Fsp3) is 0.353. The maximum absolute atomic E-state index is 12.9. The van der Waals surface area contributed by atoms with E-state index in [1.807, 2.05) is 0 Å². The van der Waals surface area contributed by atoms with Gasteiger partial charge in [0.1, 0.15) is 4.21 Å². The van der Waals surface area contributed by atoms with Crippen LogP contribution in [0.3, 0.4) is 0 Å². The Morgan fingerprint density at radius 1 is 1.18 bits per heavy atom. The molecule has 1 fully saturated rings. The Balaban J connectivity index is 1.69. The van der Waals surface area contributed by atoms with E-state index in [9.17, 15) is 26.4 Å². The Hall–Kier alpha value is -1.62. The number of halogens is 4. The Kier molecular flexibility index (Phi) is 6.04. The van der Waals surface area contributed by atoms with E-state index in [0.29, 0.717) is 18.0 Å². The van der Waals surface area contributed by atoms with E-state index in [1.54, 1.807) is 0 Å². The minimum absolute atomic E-state index is 0.0387. The van der Waals surface area contributed by atoms with Crippen molar-refractivity contribution in [3.05, 3.63) is 45.8 Å². The summed E-state index contributed by atoms with van der Waals surface area (Å²) >= 11 is 6.54. The van der Waals surface area contributed by atoms with Crippen LogP contribution in [0, 0.1) is 0 Å². The molecule has 1 aromatic carbocycles. The summed E-state index contributed by atoms with van der Waals surface area (Å²) < 4.78 is 65.3. The van der Waals surface area contributed by atoms with E-state index in [0.717, 1.165) is 36.3 Å². The molecule has 2 heterocycles. The summed E-state index contributed by atoms with van der Waals surface area (Å²) in [5.41, 5.74) is -1.08. The molecular formula is C17H16ClF3N2O3S2. The van der Waals surface area contributed by atoms with E-state index in [-0.39, 0.29) is 16.3 Å². The second kappa shape index (κ2) is 8.02. The van der Waals surface area contributed by atoms with Crippen molar-refractivity contribution in [2.75, 3.05) is 18.4 Å². The number of hydrogen-bond donors (Lipinski definition) is 1. The number of anilines is 1. The number of thiophene rings is 1. The molecule has 0 atom stereocenters. The maximum atomic E-state index is 12.9. The van der Waals surface area contributed by atoms with Crippen LogP contribution >= 0.6 is 22.9 Å². The molecule has 2 aromatic rings. The van der Waals surface area contributed by atoms with Gasteiger partial charge in [0.05, 0.1) is 17.0 Å². The van der Waals surface area contributed by atoms with Crippen LogP contribution in [0.25, 0.3) is 0 Å². The second-order valence-corrected chi connectivity index (χ2v) is 9.99. The van der Waals surface area contributed by atoms with Crippen molar-refractivity contribution >= 4 is 44.6 Å². The number of amides is 1. The Bertz CT molecular complexity index is 984. The second-order valence-electron chi connectivity index (χ2n) is 6.25. The smallest absolute Gasteiger partial charge is 0.326 e. The van der Waals surface area contributed by atoms with Crippen LogP contribution in [0.2, 0.25) is 5.02 Å². The molecule has 3 rings (SSSR count). The number of nitrogens with zero attached hydrogens (tertiary/aromatic N) is 1. The summed E-state index contributed by atoms with van der Waals surface area (Å²) in [4.78, 5) is 12.7. The fourth-order valence-corrected chi connectivity index (χ4v) is 6.08. The molecule has 28 heavy (non-hydrogen) atoms. The third-order valence-corrected chi connectivity index (χ3v) is 7.97. The molecule has 11 heteroatoms. The minimum atomic E-state index is -4.63. The number of sulfonamides is 1. The molecule has 0 spiro atoms. The number of nitrogens with one attached hydrogen (secondary N) is 1. The monoisotopic (exact) mass is 452 g/mol. The molecule has 0 aliphatic carbocycles. The van der Waals surface area contributed by atoms with Gasteiger partial charge in [-0.1, -0.05) is 11.6 Å². The van der Waals surface area contributed by atoms with E-state index in [2.05, 4.69) is 5.32 Å². The summed E-state index contributed by atoms with van der Waals surface area (Å²) in [5.74, 6) is -0.553. The molecule has 1 amide bonds. The van der Waals surface area contributed by atoms with Gasteiger partial charge in [0.25, 0.3) is 10.0 Å².